The predicted molar refractivity (Wildman–Crippen MR) is 72.7 cm³/mol. The standard InChI is InChI=1S/C13H21N3O2/c1-13(15,12(14)17)8-9-16(2)10-6-4-5-7-11(10)18-3/h4-7H,8-9,15H2,1-3H3,(H2,14,17). The van der Waals surface area contributed by atoms with E-state index in [0.29, 0.717) is 13.0 Å². The number of anilines is 1. The molecule has 5 heteroatoms. The second-order valence-electron chi connectivity index (χ2n) is 4.63. The molecule has 4 N–H and O–H groups in total. The molecule has 18 heavy (non-hydrogen) atoms. The van der Waals surface area contributed by atoms with Crippen molar-refractivity contribution in [2.75, 3.05) is 25.6 Å². The maximum atomic E-state index is 11.1. The highest BCUT2D eigenvalue weighted by molar-refractivity contribution is 5.83. The molecule has 0 fully saturated rings. The summed E-state index contributed by atoms with van der Waals surface area (Å²) in [5.41, 5.74) is 11.0. The molecule has 0 aliphatic heterocycles. The summed E-state index contributed by atoms with van der Waals surface area (Å²) in [6, 6.07) is 7.69. The van der Waals surface area contributed by atoms with Gasteiger partial charge in [0.05, 0.1) is 18.3 Å². The van der Waals surface area contributed by atoms with Crippen LogP contribution in [0.1, 0.15) is 13.3 Å². The summed E-state index contributed by atoms with van der Waals surface area (Å²) in [4.78, 5) is 13.1. The molecule has 1 aromatic rings. The van der Waals surface area contributed by atoms with Gasteiger partial charge in [0, 0.05) is 13.6 Å². The van der Waals surface area contributed by atoms with Crippen LogP contribution in [0.2, 0.25) is 0 Å². The number of ether oxygens (including phenoxy) is 1. The Labute approximate surface area is 108 Å². The Morgan fingerprint density at radius 2 is 2.06 bits per heavy atom. The molecule has 1 aromatic carbocycles. The average molecular weight is 251 g/mol. The number of carbonyl (C=O) groups is 1. The molecule has 0 aromatic heterocycles. The van der Waals surface area contributed by atoms with Crippen molar-refractivity contribution in [3.63, 3.8) is 0 Å². The summed E-state index contributed by atoms with van der Waals surface area (Å²) < 4.78 is 5.28. The van der Waals surface area contributed by atoms with Crippen LogP contribution in [0.3, 0.4) is 0 Å². The number of rotatable bonds is 6. The lowest BCUT2D eigenvalue weighted by atomic mass is 9.98. The number of primary amides is 1. The van der Waals surface area contributed by atoms with Gasteiger partial charge in [-0.25, -0.2) is 0 Å². The Morgan fingerprint density at radius 3 is 2.61 bits per heavy atom. The summed E-state index contributed by atoms with van der Waals surface area (Å²) >= 11 is 0. The first-order valence-corrected chi connectivity index (χ1v) is 5.81. The van der Waals surface area contributed by atoms with Crippen molar-refractivity contribution in [3.8, 4) is 5.75 Å². The zero-order valence-electron chi connectivity index (χ0n) is 11.1. The van der Waals surface area contributed by atoms with Gasteiger partial charge in [0.2, 0.25) is 5.91 Å². The van der Waals surface area contributed by atoms with Crippen LogP contribution in [0.15, 0.2) is 24.3 Å². The first kappa shape index (κ1) is 14.3. The van der Waals surface area contributed by atoms with Crippen LogP contribution < -0.4 is 21.1 Å². The third-order valence-corrected chi connectivity index (χ3v) is 3.03. The fraction of sp³-hybridized carbons (Fsp3) is 0.462. The van der Waals surface area contributed by atoms with Gasteiger partial charge in [-0.05, 0) is 25.5 Å². The van der Waals surface area contributed by atoms with Gasteiger partial charge in [0.1, 0.15) is 5.75 Å². The number of methoxy groups -OCH3 is 1. The Balaban J connectivity index is 2.71. The number of hydrogen-bond donors (Lipinski definition) is 2. The fourth-order valence-corrected chi connectivity index (χ4v) is 1.59. The van der Waals surface area contributed by atoms with E-state index in [1.54, 1.807) is 14.0 Å². The molecule has 5 nitrogen and oxygen atoms in total. The van der Waals surface area contributed by atoms with E-state index >= 15 is 0 Å². The molecule has 100 valence electrons. The van der Waals surface area contributed by atoms with Gasteiger partial charge in [-0.15, -0.1) is 0 Å². The van der Waals surface area contributed by atoms with Crippen LogP contribution in [0.5, 0.6) is 5.75 Å². The molecule has 0 radical (unpaired) electrons. The van der Waals surface area contributed by atoms with Gasteiger partial charge in [0.25, 0.3) is 0 Å². The molecule has 0 aliphatic carbocycles. The molecule has 0 saturated heterocycles. The van der Waals surface area contributed by atoms with Crippen molar-refractivity contribution >= 4 is 11.6 Å². The highest BCUT2D eigenvalue weighted by Gasteiger charge is 2.25. The van der Waals surface area contributed by atoms with Crippen LogP contribution in [0, 0.1) is 0 Å². The molecule has 0 spiro atoms. The first-order chi connectivity index (χ1) is 8.38. The Bertz CT molecular complexity index is 418. The average Bonchev–Trinajstić information content (AvgIpc) is 2.35. The van der Waals surface area contributed by atoms with E-state index in [2.05, 4.69) is 0 Å². The maximum absolute atomic E-state index is 11.1. The maximum Gasteiger partial charge on any atom is 0.237 e. The smallest absolute Gasteiger partial charge is 0.237 e. The summed E-state index contributed by atoms with van der Waals surface area (Å²) in [6.45, 7) is 2.27. The van der Waals surface area contributed by atoms with Crippen molar-refractivity contribution in [3.05, 3.63) is 24.3 Å². The van der Waals surface area contributed by atoms with Gasteiger partial charge in [-0.2, -0.15) is 0 Å². The third kappa shape index (κ3) is 3.37. The molecule has 1 amide bonds. The number of nitrogens with zero attached hydrogens (tertiary/aromatic N) is 1. The summed E-state index contributed by atoms with van der Waals surface area (Å²) in [5, 5.41) is 0. The molecular formula is C13H21N3O2. The molecule has 0 bridgehead atoms. The van der Waals surface area contributed by atoms with Crippen molar-refractivity contribution in [1.29, 1.82) is 0 Å². The summed E-state index contributed by atoms with van der Waals surface area (Å²) in [7, 11) is 3.55. The molecule has 0 saturated carbocycles. The van der Waals surface area contributed by atoms with Gasteiger partial charge < -0.3 is 21.1 Å². The Hall–Kier alpha value is -1.75. The van der Waals surface area contributed by atoms with Crippen molar-refractivity contribution in [2.45, 2.75) is 18.9 Å². The van der Waals surface area contributed by atoms with E-state index < -0.39 is 11.4 Å². The number of benzene rings is 1. The minimum Gasteiger partial charge on any atom is -0.495 e. The Kier molecular flexibility index (Phi) is 4.55. The zero-order chi connectivity index (χ0) is 13.8. The van der Waals surface area contributed by atoms with Crippen LogP contribution >= 0.6 is 0 Å². The largest absolute Gasteiger partial charge is 0.495 e. The van der Waals surface area contributed by atoms with Crippen LogP contribution in [-0.2, 0) is 4.79 Å². The topological polar surface area (TPSA) is 81.6 Å². The first-order valence-electron chi connectivity index (χ1n) is 5.81. The van der Waals surface area contributed by atoms with Crippen molar-refractivity contribution in [2.24, 2.45) is 11.5 Å². The van der Waals surface area contributed by atoms with Crippen molar-refractivity contribution < 1.29 is 9.53 Å². The third-order valence-electron chi connectivity index (χ3n) is 3.03. The monoisotopic (exact) mass is 251 g/mol. The molecule has 1 atom stereocenters. The van der Waals surface area contributed by atoms with E-state index in [1.807, 2.05) is 36.2 Å². The second-order valence-corrected chi connectivity index (χ2v) is 4.63. The number of amides is 1. The van der Waals surface area contributed by atoms with Gasteiger partial charge in [-0.1, -0.05) is 12.1 Å². The second kappa shape index (κ2) is 5.73. The molecule has 0 heterocycles. The zero-order valence-corrected chi connectivity index (χ0v) is 11.1. The normalized spacial score (nSPS) is 13.8. The number of carbonyl (C=O) groups excluding carboxylic acids is 1. The summed E-state index contributed by atoms with van der Waals surface area (Å²) in [6.07, 6.45) is 0.483. The molecular weight excluding hydrogens is 230 g/mol. The van der Waals surface area contributed by atoms with Crippen molar-refractivity contribution in [1.82, 2.24) is 0 Å². The van der Waals surface area contributed by atoms with E-state index in [0.717, 1.165) is 11.4 Å². The van der Waals surface area contributed by atoms with Crippen LogP contribution in [0.25, 0.3) is 0 Å². The predicted octanol–water partition coefficient (Wildman–Crippen LogP) is 0.724. The lowest BCUT2D eigenvalue weighted by Crippen LogP contribution is -2.51. The Morgan fingerprint density at radius 1 is 1.44 bits per heavy atom. The van der Waals surface area contributed by atoms with E-state index in [-0.39, 0.29) is 0 Å². The highest BCUT2D eigenvalue weighted by atomic mass is 16.5. The number of para-hydroxylation sites is 2. The minimum absolute atomic E-state index is 0.483. The molecule has 0 aliphatic rings. The van der Waals surface area contributed by atoms with Gasteiger partial charge >= 0.3 is 0 Å². The van der Waals surface area contributed by atoms with Crippen LogP contribution in [0.4, 0.5) is 5.69 Å². The van der Waals surface area contributed by atoms with Gasteiger partial charge in [0.15, 0.2) is 0 Å². The molecule has 1 rings (SSSR count). The quantitative estimate of drug-likeness (QED) is 0.780. The highest BCUT2D eigenvalue weighted by Crippen LogP contribution is 2.26. The van der Waals surface area contributed by atoms with Crippen LogP contribution in [-0.4, -0.2) is 32.1 Å². The van der Waals surface area contributed by atoms with E-state index in [1.165, 1.54) is 0 Å². The molecule has 1 unspecified atom stereocenters. The van der Waals surface area contributed by atoms with E-state index in [9.17, 15) is 4.79 Å². The van der Waals surface area contributed by atoms with E-state index in [4.69, 9.17) is 16.2 Å². The SMILES string of the molecule is COc1ccccc1N(C)CCC(C)(N)C(N)=O. The lowest BCUT2D eigenvalue weighted by molar-refractivity contribution is -0.122. The fourth-order valence-electron chi connectivity index (χ4n) is 1.59. The van der Waals surface area contributed by atoms with Gasteiger partial charge in [-0.3, -0.25) is 4.79 Å². The minimum atomic E-state index is -0.990. The number of hydrogen-bond acceptors (Lipinski definition) is 4. The summed E-state index contributed by atoms with van der Waals surface area (Å²) in [5.74, 6) is 0.300. The lowest BCUT2D eigenvalue weighted by Gasteiger charge is -2.26. The number of nitrogens with two attached hydrogens (primary N) is 2.